The SMILES string of the molecule is CCCCCNS(=O)(=O)c1cc(Cl)cc(CNCC)c1F. The topological polar surface area (TPSA) is 58.2 Å². The maximum absolute atomic E-state index is 14.3. The Morgan fingerprint density at radius 1 is 1.24 bits per heavy atom. The van der Waals surface area contributed by atoms with E-state index in [0.29, 0.717) is 13.1 Å². The molecule has 0 aromatic heterocycles. The summed E-state index contributed by atoms with van der Waals surface area (Å²) < 4.78 is 41.1. The third kappa shape index (κ3) is 5.54. The quantitative estimate of drug-likeness (QED) is 0.681. The fourth-order valence-corrected chi connectivity index (χ4v) is 3.38. The van der Waals surface area contributed by atoms with Gasteiger partial charge in [0.25, 0.3) is 0 Å². The van der Waals surface area contributed by atoms with Crippen LogP contribution in [0.15, 0.2) is 17.0 Å². The van der Waals surface area contributed by atoms with E-state index in [2.05, 4.69) is 10.0 Å². The summed E-state index contributed by atoms with van der Waals surface area (Å²) >= 11 is 5.90. The van der Waals surface area contributed by atoms with Gasteiger partial charge in [0, 0.05) is 23.7 Å². The van der Waals surface area contributed by atoms with Crippen LogP contribution in [0.3, 0.4) is 0 Å². The van der Waals surface area contributed by atoms with E-state index in [0.717, 1.165) is 25.3 Å². The van der Waals surface area contributed by atoms with E-state index in [9.17, 15) is 12.8 Å². The van der Waals surface area contributed by atoms with Crippen LogP contribution in [0.1, 0.15) is 38.7 Å². The molecule has 0 amide bonds. The van der Waals surface area contributed by atoms with Crippen LogP contribution in [0.5, 0.6) is 0 Å². The lowest BCUT2D eigenvalue weighted by Gasteiger charge is -2.11. The van der Waals surface area contributed by atoms with Gasteiger partial charge in [0.1, 0.15) is 10.7 Å². The van der Waals surface area contributed by atoms with Crippen molar-refractivity contribution in [2.24, 2.45) is 0 Å². The molecule has 0 saturated heterocycles. The van der Waals surface area contributed by atoms with Gasteiger partial charge in [0.15, 0.2) is 0 Å². The molecule has 0 aliphatic heterocycles. The molecule has 1 aromatic carbocycles. The summed E-state index contributed by atoms with van der Waals surface area (Å²) in [6, 6.07) is 2.59. The summed E-state index contributed by atoms with van der Waals surface area (Å²) in [5.41, 5.74) is 0.248. The van der Waals surface area contributed by atoms with Crippen molar-refractivity contribution in [3.05, 3.63) is 28.5 Å². The highest BCUT2D eigenvalue weighted by Gasteiger charge is 2.21. The van der Waals surface area contributed by atoms with Crippen LogP contribution in [-0.4, -0.2) is 21.5 Å². The van der Waals surface area contributed by atoms with Gasteiger partial charge in [0.05, 0.1) is 0 Å². The number of hydrogen-bond acceptors (Lipinski definition) is 3. The molecule has 120 valence electrons. The molecule has 7 heteroatoms. The van der Waals surface area contributed by atoms with Crippen LogP contribution >= 0.6 is 11.6 Å². The lowest BCUT2D eigenvalue weighted by Crippen LogP contribution is -2.26. The monoisotopic (exact) mass is 336 g/mol. The maximum atomic E-state index is 14.3. The molecule has 2 N–H and O–H groups in total. The highest BCUT2D eigenvalue weighted by molar-refractivity contribution is 7.89. The van der Waals surface area contributed by atoms with E-state index in [1.54, 1.807) is 0 Å². The Labute approximate surface area is 131 Å². The molecule has 0 saturated carbocycles. The van der Waals surface area contributed by atoms with Crippen molar-refractivity contribution in [1.29, 1.82) is 0 Å². The predicted molar refractivity (Wildman–Crippen MR) is 83.5 cm³/mol. The first-order valence-electron chi connectivity index (χ1n) is 7.10. The van der Waals surface area contributed by atoms with E-state index in [4.69, 9.17) is 11.6 Å². The van der Waals surface area contributed by atoms with E-state index < -0.39 is 15.8 Å². The molecule has 0 unspecified atom stereocenters. The summed E-state index contributed by atoms with van der Waals surface area (Å²) in [4.78, 5) is -0.389. The van der Waals surface area contributed by atoms with E-state index in [1.165, 1.54) is 6.07 Å². The molecule has 0 atom stereocenters. The average Bonchev–Trinajstić information content (AvgIpc) is 2.44. The van der Waals surface area contributed by atoms with Crippen LogP contribution in [0.4, 0.5) is 4.39 Å². The normalized spacial score (nSPS) is 11.8. The molecular weight excluding hydrogens is 315 g/mol. The Morgan fingerprint density at radius 3 is 2.57 bits per heavy atom. The van der Waals surface area contributed by atoms with E-state index in [-0.39, 0.29) is 22.0 Å². The molecule has 0 aliphatic rings. The minimum Gasteiger partial charge on any atom is -0.313 e. The van der Waals surface area contributed by atoms with Crippen LogP contribution in [0.25, 0.3) is 0 Å². The third-order valence-corrected chi connectivity index (χ3v) is 4.69. The average molecular weight is 337 g/mol. The van der Waals surface area contributed by atoms with Crippen LogP contribution in [-0.2, 0) is 16.6 Å². The number of hydrogen-bond donors (Lipinski definition) is 2. The van der Waals surface area contributed by atoms with Gasteiger partial charge in [0.2, 0.25) is 10.0 Å². The first kappa shape index (κ1) is 18.4. The zero-order valence-electron chi connectivity index (χ0n) is 12.4. The molecule has 0 fully saturated rings. The fourth-order valence-electron chi connectivity index (χ4n) is 1.86. The lowest BCUT2D eigenvalue weighted by atomic mass is 10.2. The van der Waals surface area contributed by atoms with Crippen LogP contribution in [0.2, 0.25) is 5.02 Å². The zero-order chi connectivity index (χ0) is 15.9. The summed E-state index contributed by atoms with van der Waals surface area (Å²) in [6.45, 7) is 5.10. The van der Waals surface area contributed by atoms with E-state index >= 15 is 0 Å². The largest absolute Gasteiger partial charge is 0.313 e. The Kier molecular flexibility index (Phi) is 7.59. The standard InChI is InChI=1S/C14H22ClFN2O2S/c1-3-5-6-7-18-21(19,20)13-9-12(15)8-11(14(13)16)10-17-4-2/h8-9,17-18H,3-7,10H2,1-2H3. The van der Waals surface area contributed by atoms with Crippen molar-refractivity contribution in [3.8, 4) is 0 Å². The lowest BCUT2D eigenvalue weighted by molar-refractivity contribution is 0.541. The van der Waals surface area contributed by atoms with Gasteiger partial charge in [-0.2, -0.15) is 0 Å². The number of halogens is 2. The predicted octanol–water partition coefficient (Wildman–Crippen LogP) is 3.06. The van der Waals surface area contributed by atoms with Gasteiger partial charge in [-0.1, -0.05) is 38.3 Å². The Morgan fingerprint density at radius 2 is 1.95 bits per heavy atom. The first-order chi connectivity index (χ1) is 9.92. The van der Waals surface area contributed by atoms with Crippen molar-refractivity contribution < 1.29 is 12.8 Å². The second-order valence-corrected chi connectivity index (χ2v) is 6.93. The molecule has 0 heterocycles. The van der Waals surface area contributed by atoms with Gasteiger partial charge in [-0.25, -0.2) is 17.5 Å². The first-order valence-corrected chi connectivity index (χ1v) is 8.96. The zero-order valence-corrected chi connectivity index (χ0v) is 14.0. The summed E-state index contributed by atoms with van der Waals surface area (Å²) in [7, 11) is -3.88. The van der Waals surface area contributed by atoms with Gasteiger partial charge in [-0.05, 0) is 25.1 Å². The Hall–Kier alpha value is -0.690. The molecule has 1 rings (SSSR count). The molecule has 0 aliphatic carbocycles. The van der Waals surface area contributed by atoms with Crippen molar-refractivity contribution in [1.82, 2.24) is 10.0 Å². The molecule has 0 bridgehead atoms. The minimum atomic E-state index is -3.88. The fraction of sp³-hybridized carbons (Fsp3) is 0.571. The van der Waals surface area contributed by atoms with Gasteiger partial charge in [-0.3, -0.25) is 0 Å². The molecular formula is C14H22ClFN2O2S. The number of nitrogens with one attached hydrogen (secondary N) is 2. The minimum absolute atomic E-state index is 0.207. The van der Waals surface area contributed by atoms with Gasteiger partial charge >= 0.3 is 0 Å². The summed E-state index contributed by atoms with van der Waals surface area (Å²) in [6.07, 6.45) is 2.63. The van der Waals surface area contributed by atoms with Crippen molar-refractivity contribution >= 4 is 21.6 Å². The third-order valence-electron chi connectivity index (χ3n) is 3.01. The van der Waals surface area contributed by atoms with E-state index in [1.807, 2.05) is 13.8 Å². The molecule has 0 radical (unpaired) electrons. The van der Waals surface area contributed by atoms with Gasteiger partial charge < -0.3 is 5.32 Å². The van der Waals surface area contributed by atoms with Crippen LogP contribution < -0.4 is 10.0 Å². The molecule has 21 heavy (non-hydrogen) atoms. The van der Waals surface area contributed by atoms with Crippen molar-refractivity contribution in [2.75, 3.05) is 13.1 Å². The molecule has 1 aromatic rings. The maximum Gasteiger partial charge on any atom is 0.243 e. The number of rotatable bonds is 9. The molecule has 0 spiro atoms. The highest BCUT2D eigenvalue weighted by Crippen LogP contribution is 2.23. The Balaban J connectivity index is 2.97. The number of benzene rings is 1. The Bertz CT molecular complexity index is 564. The molecule has 4 nitrogen and oxygen atoms in total. The summed E-state index contributed by atoms with van der Waals surface area (Å²) in [5.74, 6) is -0.747. The second-order valence-electron chi connectivity index (χ2n) is 4.76. The highest BCUT2D eigenvalue weighted by atomic mass is 35.5. The number of unbranched alkanes of at least 4 members (excludes halogenated alkanes) is 2. The summed E-state index contributed by atoms with van der Waals surface area (Å²) in [5, 5.41) is 3.16. The second kappa shape index (κ2) is 8.68. The van der Waals surface area contributed by atoms with Gasteiger partial charge in [-0.15, -0.1) is 0 Å². The number of sulfonamides is 1. The van der Waals surface area contributed by atoms with Crippen molar-refractivity contribution in [3.63, 3.8) is 0 Å². The van der Waals surface area contributed by atoms with Crippen molar-refractivity contribution in [2.45, 2.75) is 44.6 Å². The van der Waals surface area contributed by atoms with Crippen LogP contribution in [0, 0.1) is 5.82 Å². The smallest absolute Gasteiger partial charge is 0.243 e.